The van der Waals surface area contributed by atoms with E-state index in [-0.39, 0.29) is 6.54 Å². The van der Waals surface area contributed by atoms with E-state index in [0.29, 0.717) is 11.5 Å². The van der Waals surface area contributed by atoms with Crippen molar-refractivity contribution < 1.29 is 9.90 Å². The summed E-state index contributed by atoms with van der Waals surface area (Å²) >= 11 is 0. The molecule has 0 fully saturated rings. The number of aromatic nitrogens is 3. The number of hydrogen-bond donors (Lipinski definition) is 3. The molecule has 72 valence electrons. The van der Waals surface area contributed by atoms with Crippen LogP contribution in [0.25, 0.3) is 11.0 Å². The number of rotatable bonds is 3. The first-order valence-corrected chi connectivity index (χ1v) is 4.01. The molecule has 0 spiro atoms. The second-order valence-corrected chi connectivity index (χ2v) is 2.71. The third kappa shape index (κ3) is 1.49. The molecule has 6 heteroatoms. The van der Waals surface area contributed by atoms with Gasteiger partial charge in [0.25, 0.3) is 0 Å². The van der Waals surface area contributed by atoms with Crippen molar-refractivity contribution in [1.82, 2.24) is 15.0 Å². The lowest BCUT2D eigenvalue weighted by Gasteiger charge is -2.02. The van der Waals surface area contributed by atoms with Crippen molar-refractivity contribution in [1.29, 1.82) is 0 Å². The molecule has 2 aromatic heterocycles. The minimum atomic E-state index is -0.924. The van der Waals surface area contributed by atoms with Gasteiger partial charge in [0, 0.05) is 6.20 Å². The van der Waals surface area contributed by atoms with Crippen molar-refractivity contribution in [2.24, 2.45) is 0 Å². The number of nitrogens with zero attached hydrogens (tertiary/aromatic N) is 2. The smallest absolute Gasteiger partial charge is 0.322 e. The van der Waals surface area contributed by atoms with Gasteiger partial charge < -0.3 is 15.4 Å². The zero-order valence-corrected chi connectivity index (χ0v) is 7.19. The number of hydrogen-bond acceptors (Lipinski definition) is 4. The molecule has 0 radical (unpaired) electrons. The maximum Gasteiger partial charge on any atom is 0.322 e. The Hall–Kier alpha value is -2.11. The lowest BCUT2D eigenvalue weighted by molar-refractivity contribution is -0.134. The van der Waals surface area contributed by atoms with Crippen molar-refractivity contribution >= 4 is 22.8 Å². The molecule has 0 aromatic carbocycles. The van der Waals surface area contributed by atoms with Gasteiger partial charge in [-0.15, -0.1) is 0 Å². The molecule has 0 aliphatic rings. The maximum absolute atomic E-state index is 10.3. The summed E-state index contributed by atoms with van der Waals surface area (Å²) in [5.41, 5.74) is 0.688. The minimum absolute atomic E-state index is 0.155. The van der Waals surface area contributed by atoms with Crippen LogP contribution in [0.2, 0.25) is 0 Å². The zero-order valence-electron chi connectivity index (χ0n) is 7.19. The number of carbonyl (C=O) groups is 1. The Morgan fingerprint density at radius 3 is 3.21 bits per heavy atom. The van der Waals surface area contributed by atoms with Gasteiger partial charge in [-0.1, -0.05) is 0 Å². The number of aliphatic carboxylic acids is 1. The van der Waals surface area contributed by atoms with E-state index in [1.807, 2.05) is 0 Å². The highest BCUT2D eigenvalue weighted by molar-refractivity contribution is 5.88. The molecule has 3 N–H and O–H groups in total. The van der Waals surface area contributed by atoms with Crippen molar-refractivity contribution in [2.75, 3.05) is 11.9 Å². The van der Waals surface area contributed by atoms with E-state index in [1.165, 1.54) is 6.33 Å². The van der Waals surface area contributed by atoms with E-state index in [0.717, 1.165) is 5.39 Å². The summed E-state index contributed by atoms with van der Waals surface area (Å²) in [7, 11) is 0. The van der Waals surface area contributed by atoms with Crippen molar-refractivity contribution in [3.8, 4) is 0 Å². The highest BCUT2D eigenvalue weighted by Gasteiger charge is 2.04. The molecule has 2 rings (SSSR count). The molecule has 0 saturated carbocycles. The predicted octanol–water partition coefficient (Wildman–Crippen LogP) is 0.454. The molecule has 0 bridgehead atoms. The van der Waals surface area contributed by atoms with Crippen LogP contribution in [0.3, 0.4) is 0 Å². The molecule has 6 nitrogen and oxygen atoms in total. The maximum atomic E-state index is 10.3. The van der Waals surface area contributed by atoms with E-state index in [9.17, 15) is 4.79 Å². The zero-order chi connectivity index (χ0) is 9.97. The number of carboxylic acid groups (broad SMARTS) is 1. The summed E-state index contributed by atoms with van der Waals surface area (Å²) in [6.07, 6.45) is 3.11. The second-order valence-electron chi connectivity index (χ2n) is 2.71. The molecule has 0 saturated heterocycles. The molecule has 0 aliphatic carbocycles. The van der Waals surface area contributed by atoms with Gasteiger partial charge in [0.1, 0.15) is 24.3 Å². The summed E-state index contributed by atoms with van der Waals surface area (Å²) in [6, 6.07) is 1.79. The fourth-order valence-corrected chi connectivity index (χ4v) is 1.17. The Bertz CT molecular complexity index is 465. The normalized spacial score (nSPS) is 10.3. The quantitative estimate of drug-likeness (QED) is 0.657. The molecule has 0 atom stereocenters. The number of aromatic amines is 1. The SMILES string of the molecule is O=C(O)CNc1ncnc2[nH]ccc12. The van der Waals surface area contributed by atoms with Crippen LogP contribution in [0.5, 0.6) is 0 Å². The summed E-state index contributed by atoms with van der Waals surface area (Å²) in [6.45, 7) is -0.155. The summed E-state index contributed by atoms with van der Waals surface area (Å²) in [4.78, 5) is 21.2. The summed E-state index contributed by atoms with van der Waals surface area (Å²) < 4.78 is 0. The summed E-state index contributed by atoms with van der Waals surface area (Å²) in [5.74, 6) is -0.397. The first-order chi connectivity index (χ1) is 6.77. The number of H-pyrrole nitrogens is 1. The number of fused-ring (bicyclic) bond motifs is 1. The van der Waals surface area contributed by atoms with Gasteiger partial charge in [-0.05, 0) is 6.07 Å². The lowest BCUT2D eigenvalue weighted by atomic mass is 10.4. The minimum Gasteiger partial charge on any atom is -0.480 e. The predicted molar refractivity (Wildman–Crippen MR) is 50.0 cm³/mol. The van der Waals surface area contributed by atoms with Gasteiger partial charge in [0.2, 0.25) is 0 Å². The number of nitrogens with one attached hydrogen (secondary N) is 2. The Balaban J connectivity index is 2.32. The Morgan fingerprint density at radius 2 is 2.43 bits per heavy atom. The van der Waals surface area contributed by atoms with Crippen LogP contribution < -0.4 is 5.32 Å². The van der Waals surface area contributed by atoms with Gasteiger partial charge in [0.05, 0.1) is 5.39 Å². The first-order valence-electron chi connectivity index (χ1n) is 4.01. The number of anilines is 1. The van der Waals surface area contributed by atoms with Crippen LogP contribution in [0.15, 0.2) is 18.6 Å². The summed E-state index contributed by atoms with van der Waals surface area (Å²) in [5, 5.41) is 12.0. The van der Waals surface area contributed by atoms with Gasteiger partial charge >= 0.3 is 5.97 Å². The van der Waals surface area contributed by atoms with Crippen LogP contribution in [0.1, 0.15) is 0 Å². The first kappa shape index (κ1) is 8.49. The van der Waals surface area contributed by atoms with E-state index in [1.54, 1.807) is 12.3 Å². The van der Waals surface area contributed by atoms with Crippen molar-refractivity contribution in [2.45, 2.75) is 0 Å². The average molecular weight is 192 g/mol. The fourth-order valence-electron chi connectivity index (χ4n) is 1.17. The van der Waals surface area contributed by atoms with Crippen molar-refractivity contribution in [3.05, 3.63) is 18.6 Å². The van der Waals surface area contributed by atoms with E-state index in [4.69, 9.17) is 5.11 Å². The van der Waals surface area contributed by atoms with Crippen LogP contribution in [0, 0.1) is 0 Å². The Morgan fingerprint density at radius 1 is 1.57 bits per heavy atom. The van der Waals surface area contributed by atoms with Gasteiger partial charge in [0.15, 0.2) is 0 Å². The molecule has 14 heavy (non-hydrogen) atoms. The van der Waals surface area contributed by atoms with Gasteiger partial charge in [-0.3, -0.25) is 4.79 Å². The molecule has 0 aliphatic heterocycles. The molecule has 0 amide bonds. The molecular weight excluding hydrogens is 184 g/mol. The fraction of sp³-hybridized carbons (Fsp3) is 0.125. The van der Waals surface area contributed by atoms with Crippen LogP contribution >= 0.6 is 0 Å². The Kier molecular flexibility index (Phi) is 2.02. The molecule has 0 unspecified atom stereocenters. The van der Waals surface area contributed by atoms with Crippen LogP contribution in [0.4, 0.5) is 5.82 Å². The monoisotopic (exact) mass is 192 g/mol. The molecular formula is C8H8N4O2. The van der Waals surface area contributed by atoms with E-state index >= 15 is 0 Å². The van der Waals surface area contributed by atoms with Gasteiger partial charge in [-0.2, -0.15) is 0 Å². The highest BCUT2D eigenvalue weighted by Crippen LogP contribution is 2.16. The topological polar surface area (TPSA) is 90.9 Å². The third-order valence-corrected chi connectivity index (χ3v) is 1.76. The van der Waals surface area contributed by atoms with Crippen LogP contribution in [-0.2, 0) is 4.79 Å². The average Bonchev–Trinajstić information content (AvgIpc) is 2.62. The number of carboxylic acids is 1. The third-order valence-electron chi connectivity index (χ3n) is 1.76. The van der Waals surface area contributed by atoms with E-state index < -0.39 is 5.97 Å². The largest absolute Gasteiger partial charge is 0.480 e. The standard InChI is InChI=1S/C8H8N4O2/c13-6(14)3-10-8-5-1-2-9-7(5)11-4-12-8/h1-2,4H,3H2,(H,13,14)(H2,9,10,11,12). The van der Waals surface area contributed by atoms with Gasteiger partial charge in [-0.25, -0.2) is 9.97 Å². The molecule has 2 heterocycles. The van der Waals surface area contributed by atoms with Crippen molar-refractivity contribution in [3.63, 3.8) is 0 Å². The second kappa shape index (κ2) is 3.33. The van der Waals surface area contributed by atoms with E-state index in [2.05, 4.69) is 20.3 Å². The highest BCUT2D eigenvalue weighted by atomic mass is 16.4. The Labute approximate surface area is 79.0 Å². The lowest BCUT2D eigenvalue weighted by Crippen LogP contribution is -2.13. The molecule has 2 aromatic rings. The van der Waals surface area contributed by atoms with Crippen LogP contribution in [-0.4, -0.2) is 32.6 Å².